The topological polar surface area (TPSA) is 119 Å². The van der Waals surface area contributed by atoms with E-state index in [-0.39, 0.29) is 12.1 Å². The van der Waals surface area contributed by atoms with Gasteiger partial charge in [0.25, 0.3) is 0 Å². The highest BCUT2D eigenvalue weighted by Crippen LogP contribution is 2.52. The molecule has 4 heterocycles. The van der Waals surface area contributed by atoms with Gasteiger partial charge in [0, 0.05) is 29.6 Å². The predicted octanol–water partition coefficient (Wildman–Crippen LogP) is 1.40. The number of aryl methyl sites for hydroxylation is 1. The second kappa shape index (κ2) is 6.76. The molecule has 3 aromatic heterocycles. The zero-order valence-electron chi connectivity index (χ0n) is 16.3. The number of nitrogens with two attached hydrogens (primary N) is 1. The molecular formula is C21H25N5O3. The summed E-state index contributed by atoms with van der Waals surface area (Å²) in [6.07, 6.45) is 5.53. The number of hydrogen-bond donors (Lipinski definition) is 3. The van der Waals surface area contributed by atoms with Gasteiger partial charge in [0.15, 0.2) is 0 Å². The zero-order valence-corrected chi connectivity index (χ0v) is 16.3. The second-order valence-corrected chi connectivity index (χ2v) is 8.42. The SMILES string of the molecule is Cc1ncnc2c1ccn2C1CC2(COC(Cc3ccc(N)nc3)C2)C(O)C1O. The molecule has 0 bridgehead atoms. The molecule has 5 unspecified atom stereocenters. The Labute approximate surface area is 168 Å². The van der Waals surface area contributed by atoms with Crippen molar-refractivity contribution in [3.05, 3.63) is 48.2 Å². The molecule has 4 N–H and O–H groups in total. The first-order valence-electron chi connectivity index (χ1n) is 9.93. The fourth-order valence-electron chi connectivity index (χ4n) is 5.01. The molecule has 1 saturated heterocycles. The van der Waals surface area contributed by atoms with Gasteiger partial charge in [-0.1, -0.05) is 6.07 Å². The molecule has 1 aliphatic carbocycles. The third-order valence-corrected chi connectivity index (χ3v) is 6.58. The van der Waals surface area contributed by atoms with Gasteiger partial charge >= 0.3 is 0 Å². The number of nitrogen functional groups attached to an aromatic ring is 1. The van der Waals surface area contributed by atoms with Crippen molar-refractivity contribution in [1.82, 2.24) is 19.5 Å². The highest BCUT2D eigenvalue weighted by atomic mass is 16.5. The van der Waals surface area contributed by atoms with Crippen LogP contribution in [0.4, 0.5) is 5.82 Å². The zero-order chi connectivity index (χ0) is 20.2. The van der Waals surface area contributed by atoms with Gasteiger partial charge in [-0.2, -0.15) is 0 Å². The molecule has 0 amide bonds. The van der Waals surface area contributed by atoms with Crippen molar-refractivity contribution in [3.8, 4) is 0 Å². The van der Waals surface area contributed by atoms with Gasteiger partial charge in [-0.15, -0.1) is 0 Å². The first kappa shape index (κ1) is 18.5. The van der Waals surface area contributed by atoms with Crippen molar-refractivity contribution in [2.75, 3.05) is 12.3 Å². The van der Waals surface area contributed by atoms with Crippen LogP contribution in [0.2, 0.25) is 0 Å². The number of rotatable bonds is 3. The molecule has 0 aromatic carbocycles. The monoisotopic (exact) mass is 395 g/mol. The molecule has 5 atom stereocenters. The van der Waals surface area contributed by atoms with Gasteiger partial charge in [0.05, 0.1) is 30.6 Å². The summed E-state index contributed by atoms with van der Waals surface area (Å²) in [7, 11) is 0. The number of pyridine rings is 1. The van der Waals surface area contributed by atoms with E-state index in [1.54, 1.807) is 12.3 Å². The van der Waals surface area contributed by atoms with E-state index >= 15 is 0 Å². The summed E-state index contributed by atoms with van der Waals surface area (Å²) in [4.78, 5) is 12.8. The van der Waals surface area contributed by atoms with E-state index in [4.69, 9.17) is 10.5 Å². The largest absolute Gasteiger partial charge is 0.390 e. The first-order valence-corrected chi connectivity index (χ1v) is 9.93. The van der Waals surface area contributed by atoms with Crippen LogP contribution < -0.4 is 5.73 Å². The molecule has 8 nitrogen and oxygen atoms in total. The third kappa shape index (κ3) is 2.99. The maximum Gasteiger partial charge on any atom is 0.143 e. The van der Waals surface area contributed by atoms with E-state index in [1.807, 2.05) is 29.8 Å². The molecule has 2 aliphatic rings. The molecule has 3 aromatic rings. The number of aromatic nitrogens is 4. The minimum atomic E-state index is -0.874. The van der Waals surface area contributed by atoms with E-state index in [2.05, 4.69) is 15.0 Å². The summed E-state index contributed by atoms with van der Waals surface area (Å²) < 4.78 is 8.03. The Balaban J connectivity index is 1.38. The van der Waals surface area contributed by atoms with E-state index in [1.165, 1.54) is 6.33 Å². The molecule has 8 heteroatoms. The van der Waals surface area contributed by atoms with E-state index < -0.39 is 17.6 Å². The van der Waals surface area contributed by atoms with Gasteiger partial charge < -0.3 is 25.3 Å². The minimum Gasteiger partial charge on any atom is -0.390 e. The molecule has 0 radical (unpaired) electrons. The standard InChI is InChI=1S/C21H25N5O3/c1-12-15-4-5-26(20(15)25-11-24-12)16-8-21(19(28)18(16)27)7-14(29-10-21)6-13-2-3-17(22)23-9-13/h2-5,9,11,14,16,18-19,27-28H,6-8,10H2,1H3,(H2,22,23). The van der Waals surface area contributed by atoms with Crippen LogP contribution in [0.5, 0.6) is 0 Å². The van der Waals surface area contributed by atoms with Crippen molar-refractivity contribution in [2.24, 2.45) is 5.41 Å². The molecule has 5 rings (SSSR count). The highest BCUT2D eigenvalue weighted by Gasteiger charge is 2.57. The van der Waals surface area contributed by atoms with Crippen molar-refractivity contribution in [1.29, 1.82) is 0 Å². The summed E-state index contributed by atoms with van der Waals surface area (Å²) in [6, 6.07) is 5.45. The van der Waals surface area contributed by atoms with Crippen LogP contribution in [-0.2, 0) is 11.2 Å². The Bertz CT molecular complexity index is 1040. The van der Waals surface area contributed by atoms with Gasteiger partial charge in [-0.05, 0) is 37.5 Å². The lowest BCUT2D eigenvalue weighted by Crippen LogP contribution is -2.37. The fourth-order valence-corrected chi connectivity index (χ4v) is 5.01. The van der Waals surface area contributed by atoms with Crippen molar-refractivity contribution >= 4 is 16.9 Å². The van der Waals surface area contributed by atoms with Crippen LogP contribution in [-0.4, -0.2) is 54.7 Å². The third-order valence-electron chi connectivity index (χ3n) is 6.58. The maximum atomic E-state index is 11.0. The Morgan fingerprint density at radius 1 is 1.21 bits per heavy atom. The molecule has 1 aliphatic heterocycles. The molecule has 2 fully saturated rings. The number of aliphatic hydroxyl groups is 2. The average molecular weight is 395 g/mol. The van der Waals surface area contributed by atoms with Gasteiger partial charge in [-0.25, -0.2) is 15.0 Å². The molecule has 29 heavy (non-hydrogen) atoms. The van der Waals surface area contributed by atoms with Gasteiger partial charge in [-0.3, -0.25) is 0 Å². The predicted molar refractivity (Wildman–Crippen MR) is 107 cm³/mol. The summed E-state index contributed by atoms with van der Waals surface area (Å²) in [5, 5.41) is 22.8. The number of fused-ring (bicyclic) bond motifs is 1. The Hall–Kier alpha value is -2.55. The Morgan fingerprint density at radius 2 is 2.07 bits per heavy atom. The summed E-state index contributed by atoms with van der Waals surface area (Å²) >= 11 is 0. The van der Waals surface area contributed by atoms with Crippen LogP contribution >= 0.6 is 0 Å². The average Bonchev–Trinajstić information content (AvgIpc) is 3.38. The van der Waals surface area contributed by atoms with Crippen LogP contribution in [0.1, 0.15) is 30.1 Å². The number of nitrogens with zero attached hydrogens (tertiary/aromatic N) is 4. The van der Waals surface area contributed by atoms with E-state index in [0.717, 1.165) is 22.3 Å². The highest BCUT2D eigenvalue weighted by molar-refractivity contribution is 5.78. The summed E-state index contributed by atoms with van der Waals surface area (Å²) in [5.41, 5.74) is 7.93. The maximum absolute atomic E-state index is 11.0. The summed E-state index contributed by atoms with van der Waals surface area (Å²) in [5.74, 6) is 0.493. The Kier molecular flexibility index (Phi) is 4.31. The molecule has 152 valence electrons. The van der Waals surface area contributed by atoms with Crippen LogP contribution in [0, 0.1) is 12.3 Å². The Morgan fingerprint density at radius 3 is 2.86 bits per heavy atom. The van der Waals surface area contributed by atoms with Gasteiger partial charge in [0.2, 0.25) is 0 Å². The first-order chi connectivity index (χ1) is 14.0. The molecule has 1 spiro atoms. The van der Waals surface area contributed by atoms with Crippen molar-refractivity contribution in [2.45, 2.75) is 50.5 Å². The number of aliphatic hydroxyl groups excluding tert-OH is 2. The number of ether oxygens (including phenoxy) is 1. The molecular weight excluding hydrogens is 370 g/mol. The van der Waals surface area contributed by atoms with Crippen LogP contribution in [0.3, 0.4) is 0 Å². The van der Waals surface area contributed by atoms with E-state index in [9.17, 15) is 10.2 Å². The van der Waals surface area contributed by atoms with Crippen molar-refractivity contribution in [3.63, 3.8) is 0 Å². The van der Waals surface area contributed by atoms with Gasteiger partial charge in [0.1, 0.15) is 23.9 Å². The fraction of sp³-hybridized carbons (Fsp3) is 0.476. The lowest BCUT2D eigenvalue weighted by Gasteiger charge is -2.26. The minimum absolute atomic E-state index is 0.0213. The number of anilines is 1. The lowest BCUT2D eigenvalue weighted by molar-refractivity contribution is -0.0308. The summed E-state index contributed by atoms with van der Waals surface area (Å²) in [6.45, 7) is 2.37. The normalized spacial score (nSPS) is 31.8. The number of hydrogen-bond acceptors (Lipinski definition) is 7. The van der Waals surface area contributed by atoms with Crippen LogP contribution in [0.25, 0.3) is 11.0 Å². The quantitative estimate of drug-likeness (QED) is 0.613. The molecule has 1 saturated carbocycles. The van der Waals surface area contributed by atoms with Crippen molar-refractivity contribution < 1.29 is 14.9 Å². The van der Waals surface area contributed by atoms with E-state index in [0.29, 0.717) is 31.7 Å². The smallest absolute Gasteiger partial charge is 0.143 e. The van der Waals surface area contributed by atoms with Crippen LogP contribution in [0.15, 0.2) is 36.9 Å². The second-order valence-electron chi connectivity index (χ2n) is 8.42. The lowest BCUT2D eigenvalue weighted by atomic mass is 9.80.